The van der Waals surface area contributed by atoms with Gasteiger partial charge >= 0.3 is 0 Å². The number of hydrogen-bond acceptors (Lipinski definition) is 0. The van der Waals surface area contributed by atoms with Gasteiger partial charge in [0.15, 0.2) is 0 Å². The molecule has 0 saturated carbocycles. The zero-order valence-electron chi connectivity index (χ0n) is 25.5. The van der Waals surface area contributed by atoms with Crippen LogP contribution in [-0.4, -0.2) is 0 Å². The average Bonchev–Trinajstić information content (AvgIpc) is 3.33. The van der Waals surface area contributed by atoms with Crippen molar-refractivity contribution in [3.8, 4) is 44.5 Å². The van der Waals surface area contributed by atoms with Crippen molar-refractivity contribution in [1.82, 2.24) is 0 Å². The van der Waals surface area contributed by atoms with Crippen LogP contribution in [0.1, 0.15) is 25.0 Å². The van der Waals surface area contributed by atoms with Crippen LogP contribution in [0.2, 0.25) is 0 Å². The van der Waals surface area contributed by atoms with Crippen LogP contribution in [0.25, 0.3) is 76.8 Å². The molecule has 0 saturated heterocycles. The van der Waals surface area contributed by atoms with Gasteiger partial charge in [-0.25, -0.2) is 0 Å². The van der Waals surface area contributed by atoms with Gasteiger partial charge in [0.25, 0.3) is 0 Å². The molecule has 0 heteroatoms. The maximum absolute atomic E-state index is 2.39. The maximum Gasteiger partial charge on any atom is 0.0165 e. The van der Waals surface area contributed by atoms with Gasteiger partial charge < -0.3 is 0 Å². The molecule has 0 atom stereocenters. The third-order valence-corrected chi connectivity index (χ3v) is 10.0. The van der Waals surface area contributed by atoms with Crippen LogP contribution in [0.5, 0.6) is 0 Å². The Morgan fingerprint density at radius 3 is 1.60 bits per heavy atom. The summed E-state index contributed by atoms with van der Waals surface area (Å²) in [4.78, 5) is 0. The summed E-state index contributed by atoms with van der Waals surface area (Å²) in [5, 5.41) is 7.70. The number of benzene rings is 8. The topological polar surface area (TPSA) is 0 Å². The second-order valence-electron chi connectivity index (χ2n) is 12.8. The zero-order valence-corrected chi connectivity index (χ0v) is 25.5. The summed E-state index contributed by atoms with van der Waals surface area (Å²) in [5.41, 5.74) is 13.1. The van der Waals surface area contributed by atoms with E-state index in [-0.39, 0.29) is 5.41 Å². The standard InChI is InChI=1S/C45H32/c1-45(2)41-27-10-9-19-34(41)39-25-13-26-40(44(39)45)43-37-22-7-5-20-35(37)42(36-21-6-8-23-38(36)43)31-17-11-16-30(28-31)33-24-12-15-29-14-3-4-18-32(29)33/h3-28H,1-2H3. The van der Waals surface area contributed by atoms with Gasteiger partial charge in [-0.2, -0.15) is 0 Å². The third-order valence-electron chi connectivity index (χ3n) is 10.0. The molecule has 8 aromatic rings. The van der Waals surface area contributed by atoms with E-state index >= 15 is 0 Å². The molecule has 0 nitrogen and oxygen atoms in total. The lowest BCUT2D eigenvalue weighted by atomic mass is 9.77. The molecule has 0 aliphatic heterocycles. The Bertz CT molecular complexity index is 2390. The predicted octanol–water partition coefficient (Wildman–Crippen LogP) is 12.5. The molecule has 0 radical (unpaired) electrons. The lowest BCUT2D eigenvalue weighted by Crippen LogP contribution is -2.16. The SMILES string of the molecule is CC1(C)c2ccccc2-c2cccc(-c3c4ccccc4c(-c4cccc(-c5cccc6ccccc56)c4)c4ccccc34)c21. The van der Waals surface area contributed by atoms with Gasteiger partial charge in [0.05, 0.1) is 0 Å². The first kappa shape index (κ1) is 26.0. The molecule has 212 valence electrons. The molecule has 0 fully saturated rings. The van der Waals surface area contributed by atoms with Gasteiger partial charge in [-0.3, -0.25) is 0 Å². The van der Waals surface area contributed by atoms with Crippen molar-refractivity contribution < 1.29 is 0 Å². The Hall–Kier alpha value is -5.46. The second kappa shape index (κ2) is 9.78. The highest BCUT2D eigenvalue weighted by Gasteiger charge is 2.37. The zero-order chi connectivity index (χ0) is 30.1. The molecule has 8 aromatic carbocycles. The molecular weight excluding hydrogens is 540 g/mol. The molecule has 0 spiro atoms. The molecule has 0 unspecified atom stereocenters. The fraction of sp³-hybridized carbons (Fsp3) is 0.0667. The maximum atomic E-state index is 2.39. The van der Waals surface area contributed by atoms with Crippen LogP contribution in [0.15, 0.2) is 158 Å². The van der Waals surface area contributed by atoms with Crippen LogP contribution >= 0.6 is 0 Å². The number of hydrogen-bond donors (Lipinski definition) is 0. The molecule has 0 N–H and O–H groups in total. The van der Waals surface area contributed by atoms with Crippen molar-refractivity contribution >= 4 is 32.3 Å². The molecule has 0 aromatic heterocycles. The first-order valence-corrected chi connectivity index (χ1v) is 15.9. The summed E-state index contributed by atoms with van der Waals surface area (Å²) in [6.45, 7) is 4.78. The highest BCUT2D eigenvalue weighted by molar-refractivity contribution is 6.22. The predicted molar refractivity (Wildman–Crippen MR) is 193 cm³/mol. The van der Waals surface area contributed by atoms with Crippen LogP contribution in [0.4, 0.5) is 0 Å². The normalized spacial score (nSPS) is 13.3. The van der Waals surface area contributed by atoms with E-state index in [1.54, 1.807) is 0 Å². The lowest BCUT2D eigenvalue weighted by molar-refractivity contribution is 0.662. The van der Waals surface area contributed by atoms with Crippen LogP contribution in [0, 0.1) is 0 Å². The highest BCUT2D eigenvalue weighted by Crippen LogP contribution is 2.54. The minimum absolute atomic E-state index is 0.101. The molecule has 0 amide bonds. The van der Waals surface area contributed by atoms with Gasteiger partial charge in [0.2, 0.25) is 0 Å². The van der Waals surface area contributed by atoms with Crippen molar-refractivity contribution in [2.24, 2.45) is 0 Å². The Morgan fingerprint density at radius 2 is 0.844 bits per heavy atom. The first-order valence-electron chi connectivity index (χ1n) is 15.9. The molecule has 9 rings (SSSR count). The van der Waals surface area contributed by atoms with Crippen LogP contribution in [0.3, 0.4) is 0 Å². The van der Waals surface area contributed by atoms with Gasteiger partial charge in [0.1, 0.15) is 0 Å². The summed E-state index contributed by atoms with van der Waals surface area (Å²) in [6, 6.07) is 58.3. The van der Waals surface area contributed by atoms with E-state index in [9.17, 15) is 0 Å². The smallest absolute Gasteiger partial charge is 0.0165 e. The van der Waals surface area contributed by atoms with Crippen LogP contribution < -0.4 is 0 Å². The van der Waals surface area contributed by atoms with Gasteiger partial charge in [-0.15, -0.1) is 0 Å². The van der Waals surface area contributed by atoms with E-state index < -0.39 is 0 Å². The molecule has 1 aliphatic carbocycles. The lowest BCUT2D eigenvalue weighted by Gasteiger charge is -2.26. The quantitative estimate of drug-likeness (QED) is 0.185. The van der Waals surface area contributed by atoms with Crippen molar-refractivity contribution in [3.05, 3.63) is 169 Å². The second-order valence-corrected chi connectivity index (χ2v) is 12.8. The van der Waals surface area contributed by atoms with Gasteiger partial charge in [0, 0.05) is 5.41 Å². The Labute approximate surface area is 264 Å². The van der Waals surface area contributed by atoms with E-state index in [1.807, 2.05) is 0 Å². The summed E-state index contributed by atoms with van der Waals surface area (Å²) in [6.07, 6.45) is 0. The molecule has 45 heavy (non-hydrogen) atoms. The van der Waals surface area contributed by atoms with Gasteiger partial charge in [-0.1, -0.05) is 166 Å². The van der Waals surface area contributed by atoms with E-state index in [0.717, 1.165) is 0 Å². The molecule has 0 heterocycles. The number of rotatable bonds is 3. The summed E-state index contributed by atoms with van der Waals surface area (Å²) >= 11 is 0. The Kier molecular flexibility index (Phi) is 5.64. The van der Waals surface area contributed by atoms with Crippen molar-refractivity contribution in [2.45, 2.75) is 19.3 Å². The largest absolute Gasteiger partial charge is 0.0619 e. The van der Waals surface area contributed by atoms with Crippen molar-refractivity contribution in [3.63, 3.8) is 0 Å². The summed E-state index contributed by atoms with van der Waals surface area (Å²) in [5.74, 6) is 0. The van der Waals surface area contributed by atoms with Gasteiger partial charge in [-0.05, 0) is 94.0 Å². The van der Waals surface area contributed by atoms with E-state index in [1.165, 1.54) is 88.0 Å². The third kappa shape index (κ3) is 3.79. The fourth-order valence-corrected chi connectivity index (χ4v) is 8.11. The Balaban J connectivity index is 1.34. The van der Waals surface area contributed by atoms with E-state index in [4.69, 9.17) is 0 Å². The van der Waals surface area contributed by atoms with E-state index in [2.05, 4.69) is 172 Å². The van der Waals surface area contributed by atoms with Crippen molar-refractivity contribution in [1.29, 1.82) is 0 Å². The Morgan fingerprint density at radius 1 is 0.356 bits per heavy atom. The summed E-state index contributed by atoms with van der Waals surface area (Å²) in [7, 11) is 0. The highest BCUT2D eigenvalue weighted by atomic mass is 14.4. The molecule has 1 aliphatic rings. The van der Waals surface area contributed by atoms with Crippen molar-refractivity contribution in [2.75, 3.05) is 0 Å². The molecule has 0 bridgehead atoms. The first-order chi connectivity index (χ1) is 22.1. The van der Waals surface area contributed by atoms with Crippen LogP contribution in [-0.2, 0) is 5.41 Å². The minimum Gasteiger partial charge on any atom is -0.0619 e. The minimum atomic E-state index is -0.101. The summed E-state index contributed by atoms with van der Waals surface area (Å²) < 4.78 is 0. The average molecular weight is 573 g/mol. The monoisotopic (exact) mass is 572 g/mol. The molecular formula is C45H32. The number of fused-ring (bicyclic) bond motifs is 6. The fourth-order valence-electron chi connectivity index (χ4n) is 8.11. The van der Waals surface area contributed by atoms with E-state index in [0.29, 0.717) is 0 Å².